The molecule has 1 atom stereocenters. The van der Waals surface area contributed by atoms with Crippen molar-refractivity contribution < 1.29 is 0 Å². The number of pyridine rings is 1. The molecular weight excluding hydrogens is 233 g/mol. The first kappa shape index (κ1) is 12.4. The number of nitrogens with zero attached hydrogens (tertiary/aromatic N) is 1. The van der Waals surface area contributed by atoms with Crippen molar-refractivity contribution in [3.8, 4) is 0 Å². The zero-order valence-corrected chi connectivity index (χ0v) is 10.4. The molecule has 0 aliphatic rings. The van der Waals surface area contributed by atoms with Gasteiger partial charge in [-0.25, -0.2) is 4.98 Å². The summed E-state index contributed by atoms with van der Waals surface area (Å²) in [5.41, 5.74) is 5.60. The Balaban J connectivity index is 2.81. The molecule has 0 saturated carbocycles. The van der Waals surface area contributed by atoms with Crippen molar-refractivity contribution in [3.05, 3.63) is 16.1 Å². The lowest BCUT2D eigenvalue weighted by atomic mass is 10.2. The van der Waals surface area contributed by atoms with Crippen molar-refractivity contribution in [2.24, 2.45) is 0 Å². The van der Waals surface area contributed by atoms with E-state index < -0.39 is 0 Å². The minimum atomic E-state index is 0.298. The molecule has 5 heteroatoms. The fourth-order valence-electron chi connectivity index (χ4n) is 1.32. The van der Waals surface area contributed by atoms with Gasteiger partial charge in [-0.05, 0) is 19.4 Å². The number of nitrogens with two attached hydrogens (primary N) is 1. The second kappa shape index (κ2) is 5.42. The van der Waals surface area contributed by atoms with E-state index >= 15 is 0 Å². The van der Waals surface area contributed by atoms with Crippen LogP contribution in [0.4, 0.5) is 11.6 Å². The summed E-state index contributed by atoms with van der Waals surface area (Å²) in [4.78, 5) is 4.10. The molecule has 0 aliphatic heterocycles. The average molecular weight is 248 g/mol. The molecule has 1 unspecified atom stereocenters. The van der Waals surface area contributed by atoms with E-state index in [1.54, 1.807) is 6.07 Å². The fourth-order valence-corrected chi connectivity index (χ4v) is 1.73. The summed E-state index contributed by atoms with van der Waals surface area (Å²) in [6, 6.07) is 1.92. The first-order valence-corrected chi connectivity index (χ1v) is 5.68. The van der Waals surface area contributed by atoms with Gasteiger partial charge in [0.05, 0.1) is 10.0 Å². The summed E-state index contributed by atoms with van der Waals surface area (Å²) in [7, 11) is 0. The van der Waals surface area contributed by atoms with Gasteiger partial charge < -0.3 is 11.1 Å². The largest absolute Gasteiger partial charge is 0.382 e. The van der Waals surface area contributed by atoms with Crippen molar-refractivity contribution in [3.63, 3.8) is 0 Å². The van der Waals surface area contributed by atoms with E-state index in [1.807, 2.05) is 0 Å². The van der Waals surface area contributed by atoms with Gasteiger partial charge in [0.15, 0.2) is 0 Å². The molecule has 1 heterocycles. The number of rotatable bonds is 4. The molecule has 0 radical (unpaired) electrons. The molecule has 84 valence electrons. The summed E-state index contributed by atoms with van der Waals surface area (Å²) in [6.45, 7) is 4.20. The SMILES string of the molecule is CCCC(C)Nc1nc(N)c(Cl)cc1Cl. The first-order chi connectivity index (χ1) is 7.04. The summed E-state index contributed by atoms with van der Waals surface area (Å²) < 4.78 is 0. The normalized spacial score (nSPS) is 12.5. The number of hydrogen-bond donors (Lipinski definition) is 2. The standard InChI is InChI=1S/C10H15Cl2N3/c1-3-4-6(2)14-10-8(12)5-7(11)9(13)15-10/h5-6H,3-4H2,1-2H3,(H3,13,14,15). The Bertz CT molecular complexity index is 342. The fraction of sp³-hybridized carbons (Fsp3) is 0.500. The van der Waals surface area contributed by atoms with Crippen LogP contribution in [0.15, 0.2) is 6.07 Å². The zero-order chi connectivity index (χ0) is 11.4. The number of aromatic nitrogens is 1. The number of anilines is 2. The van der Waals surface area contributed by atoms with E-state index in [1.165, 1.54) is 0 Å². The van der Waals surface area contributed by atoms with E-state index in [0.29, 0.717) is 27.7 Å². The summed E-state index contributed by atoms with van der Waals surface area (Å²) in [5, 5.41) is 4.08. The van der Waals surface area contributed by atoms with Gasteiger partial charge in [-0.2, -0.15) is 0 Å². The Morgan fingerprint density at radius 1 is 1.47 bits per heavy atom. The third-order valence-corrected chi connectivity index (χ3v) is 2.65. The molecule has 0 bridgehead atoms. The van der Waals surface area contributed by atoms with Gasteiger partial charge in [0, 0.05) is 6.04 Å². The van der Waals surface area contributed by atoms with Gasteiger partial charge in [-0.3, -0.25) is 0 Å². The maximum absolute atomic E-state index is 5.98. The van der Waals surface area contributed by atoms with Gasteiger partial charge in [-0.15, -0.1) is 0 Å². The minimum Gasteiger partial charge on any atom is -0.382 e. The van der Waals surface area contributed by atoms with Crippen LogP contribution in [-0.2, 0) is 0 Å². The van der Waals surface area contributed by atoms with Crippen LogP contribution in [-0.4, -0.2) is 11.0 Å². The Labute approximate surface area is 100.0 Å². The average Bonchev–Trinajstić information content (AvgIpc) is 2.14. The molecule has 15 heavy (non-hydrogen) atoms. The highest BCUT2D eigenvalue weighted by Gasteiger charge is 2.09. The van der Waals surface area contributed by atoms with Crippen molar-refractivity contribution in [2.75, 3.05) is 11.1 Å². The van der Waals surface area contributed by atoms with Crippen LogP contribution < -0.4 is 11.1 Å². The van der Waals surface area contributed by atoms with Gasteiger partial charge in [0.1, 0.15) is 11.6 Å². The van der Waals surface area contributed by atoms with E-state index in [0.717, 1.165) is 12.8 Å². The Kier molecular flexibility index (Phi) is 4.48. The molecule has 0 fully saturated rings. The van der Waals surface area contributed by atoms with Crippen molar-refractivity contribution >= 4 is 34.8 Å². The lowest BCUT2D eigenvalue weighted by Crippen LogP contribution is -2.16. The predicted molar refractivity (Wildman–Crippen MR) is 66.7 cm³/mol. The zero-order valence-electron chi connectivity index (χ0n) is 8.85. The van der Waals surface area contributed by atoms with Crippen LogP contribution in [0.25, 0.3) is 0 Å². The summed E-state index contributed by atoms with van der Waals surface area (Å²) in [5.74, 6) is 0.895. The van der Waals surface area contributed by atoms with Crippen LogP contribution >= 0.6 is 23.2 Å². The van der Waals surface area contributed by atoms with Crippen LogP contribution in [0.1, 0.15) is 26.7 Å². The van der Waals surface area contributed by atoms with E-state index in [9.17, 15) is 0 Å². The van der Waals surface area contributed by atoms with Crippen LogP contribution in [0.2, 0.25) is 10.0 Å². The Morgan fingerprint density at radius 3 is 2.73 bits per heavy atom. The second-order valence-corrected chi connectivity index (χ2v) is 4.33. The topological polar surface area (TPSA) is 50.9 Å². The number of nitrogen functional groups attached to an aromatic ring is 1. The van der Waals surface area contributed by atoms with Crippen LogP contribution in [0.5, 0.6) is 0 Å². The molecule has 0 aromatic carbocycles. The third kappa shape index (κ3) is 3.43. The smallest absolute Gasteiger partial charge is 0.147 e. The number of nitrogens with one attached hydrogen (secondary N) is 1. The Morgan fingerprint density at radius 2 is 2.13 bits per heavy atom. The van der Waals surface area contributed by atoms with E-state index in [-0.39, 0.29) is 0 Å². The van der Waals surface area contributed by atoms with Crippen LogP contribution in [0, 0.1) is 0 Å². The molecule has 0 saturated heterocycles. The quantitative estimate of drug-likeness (QED) is 0.856. The maximum Gasteiger partial charge on any atom is 0.147 e. The monoisotopic (exact) mass is 247 g/mol. The third-order valence-electron chi connectivity index (χ3n) is 2.06. The molecule has 1 aromatic rings. The molecule has 3 nitrogen and oxygen atoms in total. The summed E-state index contributed by atoms with van der Waals surface area (Å²) in [6.07, 6.45) is 2.16. The highest BCUT2D eigenvalue weighted by atomic mass is 35.5. The minimum absolute atomic E-state index is 0.298. The van der Waals surface area contributed by atoms with E-state index in [4.69, 9.17) is 28.9 Å². The molecule has 0 amide bonds. The summed E-state index contributed by atoms with van der Waals surface area (Å²) >= 11 is 11.8. The van der Waals surface area contributed by atoms with Crippen molar-refractivity contribution in [1.82, 2.24) is 4.98 Å². The van der Waals surface area contributed by atoms with Gasteiger partial charge in [0.25, 0.3) is 0 Å². The second-order valence-electron chi connectivity index (χ2n) is 3.52. The van der Waals surface area contributed by atoms with Crippen LogP contribution in [0.3, 0.4) is 0 Å². The van der Waals surface area contributed by atoms with Crippen molar-refractivity contribution in [2.45, 2.75) is 32.7 Å². The predicted octanol–water partition coefficient (Wildman–Crippen LogP) is 3.57. The Hall–Kier alpha value is -0.670. The molecular formula is C10H15Cl2N3. The van der Waals surface area contributed by atoms with Gasteiger partial charge in [0.2, 0.25) is 0 Å². The molecule has 1 aromatic heterocycles. The van der Waals surface area contributed by atoms with Gasteiger partial charge >= 0.3 is 0 Å². The molecule has 0 aliphatic carbocycles. The first-order valence-electron chi connectivity index (χ1n) is 4.92. The maximum atomic E-state index is 5.98. The van der Waals surface area contributed by atoms with Crippen molar-refractivity contribution in [1.29, 1.82) is 0 Å². The molecule has 3 N–H and O–H groups in total. The molecule has 1 rings (SSSR count). The highest BCUT2D eigenvalue weighted by molar-refractivity contribution is 6.37. The molecule has 0 spiro atoms. The number of hydrogen-bond acceptors (Lipinski definition) is 3. The lowest BCUT2D eigenvalue weighted by Gasteiger charge is -2.15. The lowest BCUT2D eigenvalue weighted by molar-refractivity contribution is 0.688. The van der Waals surface area contributed by atoms with Gasteiger partial charge in [-0.1, -0.05) is 36.5 Å². The highest BCUT2D eigenvalue weighted by Crippen LogP contribution is 2.27. The number of halogens is 2. The van der Waals surface area contributed by atoms with E-state index in [2.05, 4.69) is 24.1 Å².